The first-order valence-corrected chi connectivity index (χ1v) is 6.60. The summed E-state index contributed by atoms with van der Waals surface area (Å²) < 4.78 is 6.33. The van der Waals surface area contributed by atoms with Gasteiger partial charge in [-0.15, -0.1) is 12.4 Å². The number of aromatic nitrogens is 2. The molecule has 1 aromatic heterocycles. The van der Waals surface area contributed by atoms with Crippen LogP contribution in [0.1, 0.15) is 18.4 Å². The van der Waals surface area contributed by atoms with Gasteiger partial charge in [0, 0.05) is 32.3 Å². The highest BCUT2D eigenvalue weighted by Gasteiger charge is 2.35. The highest BCUT2D eigenvalue weighted by Crippen LogP contribution is 2.27. The zero-order valence-corrected chi connectivity index (χ0v) is 13.1. The van der Waals surface area contributed by atoms with Crippen LogP contribution in [0.25, 0.3) is 0 Å². The lowest BCUT2D eigenvalue weighted by Gasteiger charge is -2.19. The molecule has 1 aromatic rings. The van der Waals surface area contributed by atoms with Gasteiger partial charge in [-0.1, -0.05) is 0 Å². The molecule has 8 heteroatoms. The summed E-state index contributed by atoms with van der Waals surface area (Å²) in [5.41, 5.74) is 1.03. The third kappa shape index (κ3) is 3.95. The molecule has 1 amide bonds. The maximum absolute atomic E-state index is 12.3. The summed E-state index contributed by atoms with van der Waals surface area (Å²) in [4.78, 5) is 23.6. The van der Waals surface area contributed by atoms with Crippen LogP contribution in [-0.2, 0) is 21.4 Å². The third-order valence-corrected chi connectivity index (χ3v) is 3.62. The number of ether oxygens (including phenoxy) is 1. The Hall–Kier alpha value is -1.60. The highest BCUT2D eigenvalue weighted by atomic mass is 35.5. The largest absolute Gasteiger partial charge is 0.467 e. The van der Waals surface area contributed by atoms with E-state index in [1.165, 1.54) is 7.11 Å². The number of halogens is 1. The number of methoxy groups -OCH3 is 1. The molecule has 0 aromatic carbocycles. The quantitative estimate of drug-likeness (QED) is 0.753. The Morgan fingerprint density at radius 3 is 2.81 bits per heavy atom. The molecule has 0 spiro atoms. The molecule has 1 fully saturated rings. The summed E-state index contributed by atoms with van der Waals surface area (Å²) in [5, 5.41) is 10.1. The molecule has 118 valence electrons. The lowest BCUT2D eigenvalue weighted by molar-refractivity contribution is -0.145. The van der Waals surface area contributed by atoms with E-state index in [9.17, 15) is 9.59 Å². The SMILES string of the molecule is COC(=O)C(C)NC(=O)[C@H]1CNC[C@@H]1c1cnn(C)c1.Cl. The molecule has 0 radical (unpaired) electrons. The molecule has 2 N–H and O–H groups in total. The Kier molecular flexibility index (Phi) is 6.17. The van der Waals surface area contributed by atoms with Gasteiger partial charge in [0.1, 0.15) is 6.04 Å². The highest BCUT2D eigenvalue weighted by molar-refractivity contribution is 5.86. The maximum Gasteiger partial charge on any atom is 0.328 e. The molecule has 2 rings (SSSR count). The van der Waals surface area contributed by atoms with Crippen LogP contribution in [0.4, 0.5) is 0 Å². The average Bonchev–Trinajstić information content (AvgIpc) is 3.05. The molecule has 1 unspecified atom stereocenters. The van der Waals surface area contributed by atoms with Gasteiger partial charge in [0.25, 0.3) is 0 Å². The summed E-state index contributed by atoms with van der Waals surface area (Å²) in [5.74, 6) is -0.705. The van der Waals surface area contributed by atoms with Gasteiger partial charge in [-0.05, 0) is 12.5 Å². The van der Waals surface area contributed by atoms with Crippen molar-refractivity contribution in [3.63, 3.8) is 0 Å². The number of carbonyl (C=O) groups is 2. The average molecular weight is 317 g/mol. The fourth-order valence-electron chi connectivity index (χ4n) is 2.49. The predicted molar refractivity (Wildman–Crippen MR) is 79.2 cm³/mol. The topological polar surface area (TPSA) is 85.2 Å². The van der Waals surface area contributed by atoms with Crippen LogP contribution in [0.2, 0.25) is 0 Å². The van der Waals surface area contributed by atoms with Crippen molar-refractivity contribution in [1.29, 1.82) is 0 Å². The number of esters is 1. The number of nitrogens with zero attached hydrogens (tertiary/aromatic N) is 2. The van der Waals surface area contributed by atoms with Crippen molar-refractivity contribution in [2.75, 3.05) is 20.2 Å². The molecule has 0 aliphatic carbocycles. The third-order valence-electron chi connectivity index (χ3n) is 3.62. The van der Waals surface area contributed by atoms with Crippen LogP contribution >= 0.6 is 12.4 Å². The Labute approximate surface area is 129 Å². The van der Waals surface area contributed by atoms with E-state index in [-0.39, 0.29) is 30.2 Å². The van der Waals surface area contributed by atoms with E-state index in [0.717, 1.165) is 12.1 Å². The number of carbonyl (C=O) groups excluding carboxylic acids is 2. The molecular formula is C13H21ClN4O3. The minimum atomic E-state index is -0.636. The van der Waals surface area contributed by atoms with E-state index in [1.54, 1.807) is 17.8 Å². The second kappa shape index (κ2) is 7.42. The lowest BCUT2D eigenvalue weighted by Crippen LogP contribution is -2.43. The summed E-state index contributed by atoms with van der Waals surface area (Å²) >= 11 is 0. The van der Waals surface area contributed by atoms with E-state index >= 15 is 0 Å². The van der Waals surface area contributed by atoms with Crippen LogP contribution in [0.15, 0.2) is 12.4 Å². The van der Waals surface area contributed by atoms with E-state index < -0.39 is 12.0 Å². The van der Waals surface area contributed by atoms with Crippen LogP contribution in [-0.4, -0.2) is 47.9 Å². The first kappa shape index (κ1) is 17.5. The zero-order valence-electron chi connectivity index (χ0n) is 12.3. The second-order valence-corrected chi connectivity index (χ2v) is 5.07. The minimum absolute atomic E-state index is 0. The number of hydrogen-bond acceptors (Lipinski definition) is 5. The molecule has 1 aliphatic heterocycles. The molecule has 1 saturated heterocycles. The van der Waals surface area contributed by atoms with Crippen molar-refractivity contribution in [2.24, 2.45) is 13.0 Å². The van der Waals surface area contributed by atoms with Crippen LogP contribution < -0.4 is 10.6 Å². The number of hydrogen-bond donors (Lipinski definition) is 2. The predicted octanol–water partition coefficient (Wildman–Crippen LogP) is -0.177. The normalized spacial score (nSPS) is 22.2. The Balaban J connectivity index is 0.00000220. The van der Waals surface area contributed by atoms with Gasteiger partial charge in [0.2, 0.25) is 5.91 Å². The standard InChI is InChI=1S/C13H20N4O3.ClH/c1-8(13(19)20-3)16-12(18)11-6-14-5-10(11)9-4-15-17(2)7-9;/h4,7-8,10-11,14H,5-6H2,1-3H3,(H,16,18);1H/t8?,10-,11+;/m1./s1. The summed E-state index contributed by atoms with van der Waals surface area (Å²) in [6.45, 7) is 2.95. The second-order valence-electron chi connectivity index (χ2n) is 5.07. The van der Waals surface area contributed by atoms with E-state index in [0.29, 0.717) is 6.54 Å². The van der Waals surface area contributed by atoms with Crippen LogP contribution in [0, 0.1) is 5.92 Å². The first-order chi connectivity index (χ1) is 9.52. The molecule has 0 saturated carbocycles. The van der Waals surface area contributed by atoms with Gasteiger partial charge in [-0.2, -0.15) is 5.10 Å². The molecule has 7 nitrogen and oxygen atoms in total. The fraction of sp³-hybridized carbons (Fsp3) is 0.615. The van der Waals surface area contributed by atoms with Gasteiger partial charge >= 0.3 is 5.97 Å². The van der Waals surface area contributed by atoms with Gasteiger partial charge < -0.3 is 15.4 Å². The van der Waals surface area contributed by atoms with Gasteiger partial charge in [-0.3, -0.25) is 9.48 Å². The van der Waals surface area contributed by atoms with Crippen LogP contribution in [0.3, 0.4) is 0 Å². The van der Waals surface area contributed by atoms with E-state index in [2.05, 4.69) is 20.5 Å². The lowest BCUT2D eigenvalue weighted by atomic mass is 9.90. The van der Waals surface area contributed by atoms with Gasteiger partial charge in [0.15, 0.2) is 0 Å². The summed E-state index contributed by atoms with van der Waals surface area (Å²) in [6.07, 6.45) is 3.70. The Morgan fingerprint density at radius 2 is 2.24 bits per heavy atom. The number of nitrogens with one attached hydrogen (secondary N) is 2. The smallest absolute Gasteiger partial charge is 0.328 e. The van der Waals surface area contributed by atoms with Gasteiger partial charge in [-0.25, -0.2) is 4.79 Å². The van der Waals surface area contributed by atoms with Crippen molar-refractivity contribution < 1.29 is 14.3 Å². The van der Waals surface area contributed by atoms with Crippen molar-refractivity contribution in [2.45, 2.75) is 18.9 Å². The fourth-order valence-corrected chi connectivity index (χ4v) is 2.49. The minimum Gasteiger partial charge on any atom is -0.467 e. The van der Waals surface area contributed by atoms with Gasteiger partial charge in [0.05, 0.1) is 19.2 Å². The Bertz CT molecular complexity index is 505. The zero-order chi connectivity index (χ0) is 14.7. The summed E-state index contributed by atoms with van der Waals surface area (Å²) in [7, 11) is 3.15. The van der Waals surface area contributed by atoms with E-state index in [1.807, 2.05) is 13.2 Å². The molecular weight excluding hydrogens is 296 g/mol. The Morgan fingerprint density at radius 1 is 1.52 bits per heavy atom. The molecule has 3 atom stereocenters. The number of aryl methyl sites for hydroxylation is 1. The maximum atomic E-state index is 12.3. The monoisotopic (exact) mass is 316 g/mol. The summed E-state index contributed by atoms with van der Waals surface area (Å²) in [6, 6.07) is -0.636. The number of rotatable bonds is 4. The van der Waals surface area contributed by atoms with Crippen molar-refractivity contribution in [3.05, 3.63) is 18.0 Å². The van der Waals surface area contributed by atoms with E-state index in [4.69, 9.17) is 0 Å². The number of amides is 1. The molecule has 2 heterocycles. The van der Waals surface area contributed by atoms with Crippen molar-refractivity contribution in [3.8, 4) is 0 Å². The molecule has 21 heavy (non-hydrogen) atoms. The van der Waals surface area contributed by atoms with Crippen LogP contribution in [0.5, 0.6) is 0 Å². The van der Waals surface area contributed by atoms with Crippen molar-refractivity contribution >= 4 is 24.3 Å². The first-order valence-electron chi connectivity index (χ1n) is 6.60. The molecule has 0 bridgehead atoms. The van der Waals surface area contributed by atoms with Crippen molar-refractivity contribution in [1.82, 2.24) is 20.4 Å². The molecule has 1 aliphatic rings.